The second-order valence-electron chi connectivity index (χ2n) is 9.24. The van der Waals surface area contributed by atoms with Gasteiger partial charge in [-0.05, 0) is 31.5 Å². The number of carbonyl (C=O) groups excluding carboxylic acids is 2. The van der Waals surface area contributed by atoms with Crippen LogP contribution < -0.4 is 16.4 Å². The first kappa shape index (κ1) is 29.7. The average molecular weight is 566 g/mol. The van der Waals surface area contributed by atoms with Crippen molar-refractivity contribution in [2.45, 2.75) is 38.5 Å². The summed E-state index contributed by atoms with van der Waals surface area (Å²) >= 11 is 6.25. The molecule has 0 unspecified atom stereocenters. The molecule has 10 nitrogen and oxygen atoms in total. The molecular formula is C25H27ClF3N7O3. The highest BCUT2D eigenvalue weighted by molar-refractivity contribution is 6.33. The summed E-state index contributed by atoms with van der Waals surface area (Å²) in [6, 6.07) is 4.64. The first-order chi connectivity index (χ1) is 18.3. The predicted molar refractivity (Wildman–Crippen MR) is 138 cm³/mol. The van der Waals surface area contributed by atoms with Gasteiger partial charge in [0.2, 0.25) is 0 Å². The minimum Gasteiger partial charge on any atom is -0.378 e. The lowest BCUT2D eigenvalue weighted by Gasteiger charge is -2.18. The number of carbonyl (C=O) groups is 2. The van der Waals surface area contributed by atoms with Crippen LogP contribution in [0.15, 0.2) is 24.4 Å². The lowest BCUT2D eigenvalue weighted by molar-refractivity contribution is -0.140. The maximum absolute atomic E-state index is 13.4. The van der Waals surface area contributed by atoms with Gasteiger partial charge in [0.15, 0.2) is 11.5 Å². The molecule has 3 rings (SSSR count). The molecule has 0 aliphatic rings. The van der Waals surface area contributed by atoms with E-state index in [2.05, 4.69) is 36.7 Å². The SMILES string of the molecule is C#CCc1[nH]nc(C(F)(F)F)c1-c1cnc(C(=O)NCc2ccc(C(=O)NCCOCC(C)(C)N)c(Cl)c2)[nH]1. The summed E-state index contributed by atoms with van der Waals surface area (Å²) in [6.07, 6.45) is 1.47. The van der Waals surface area contributed by atoms with E-state index >= 15 is 0 Å². The van der Waals surface area contributed by atoms with Gasteiger partial charge in [-0.1, -0.05) is 17.7 Å². The quantitative estimate of drug-likeness (QED) is 0.178. The lowest BCUT2D eigenvalue weighted by Crippen LogP contribution is -2.38. The van der Waals surface area contributed by atoms with Crippen LogP contribution in [0.4, 0.5) is 13.2 Å². The summed E-state index contributed by atoms with van der Waals surface area (Å²) in [5, 5.41) is 11.1. The first-order valence-corrected chi connectivity index (χ1v) is 12.0. The Hall–Kier alpha value is -3.86. The molecule has 2 amide bonds. The number of imidazole rings is 1. The number of H-pyrrole nitrogens is 2. The van der Waals surface area contributed by atoms with Crippen molar-refractivity contribution in [2.75, 3.05) is 19.8 Å². The molecule has 0 saturated heterocycles. The van der Waals surface area contributed by atoms with Gasteiger partial charge in [-0.15, -0.1) is 12.3 Å². The van der Waals surface area contributed by atoms with Crippen molar-refractivity contribution < 1.29 is 27.5 Å². The number of nitrogens with one attached hydrogen (secondary N) is 4. The minimum atomic E-state index is -4.75. The van der Waals surface area contributed by atoms with Gasteiger partial charge in [-0.2, -0.15) is 18.3 Å². The van der Waals surface area contributed by atoms with Crippen molar-refractivity contribution in [3.8, 4) is 23.6 Å². The highest BCUT2D eigenvalue weighted by Crippen LogP contribution is 2.37. The minimum absolute atomic E-state index is 0.0149. The molecule has 39 heavy (non-hydrogen) atoms. The fourth-order valence-corrected chi connectivity index (χ4v) is 3.74. The number of rotatable bonds is 11. The Bertz CT molecular complexity index is 1370. The van der Waals surface area contributed by atoms with Crippen LogP contribution in [0.2, 0.25) is 5.02 Å². The molecule has 2 aromatic heterocycles. The van der Waals surface area contributed by atoms with Gasteiger partial charge in [0.1, 0.15) is 0 Å². The third-order valence-corrected chi connectivity index (χ3v) is 5.50. The molecule has 0 aliphatic heterocycles. The zero-order valence-electron chi connectivity index (χ0n) is 21.1. The molecule has 0 radical (unpaired) electrons. The van der Waals surface area contributed by atoms with E-state index in [-0.39, 0.29) is 59.5 Å². The van der Waals surface area contributed by atoms with Crippen molar-refractivity contribution in [2.24, 2.45) is 5.73 Å². The van der Waals surface area contributed by atoms with Gasteiger partial charge in [0.05, 0.1) is 53.4 Å². The fourth-order valence-electron chi connectivity index (χ4n) is 3.45. The van der Waals surface area contributed by atoms with Crippen LogP contribution in [-0.4, -0.2) is 57.3 Å². The summed E-state index contributed by atoms with van der Waals surface area (Å²) in [7, 11) is 0. The summed E-state index contributed by atoms with van der Waals surface area (Å²) in [5.74, 6) is 0.986. The van der Waals surface area contributed by atoms with Gasteiger partial charge >= 0.3 is 6.18 Å². The zero-order valence-corrected chi connectivity index (χ0v) is 21.9. The molecule has 0 fully saturated rings. The van der Waals surface area contributed by atoms with Crippen LogP contribution >= 0.6 is 11.6 Å². The van der Waals surface area contributed by atoms with Crippen molar-refractivity contribution >= 4 is 23.4 Å². The molecule has 0 aliphatic carbocycles. The van der Waals surface area contributed by atoms with Crippen LogP contribution in [0.3, 0.4) is 0 Å². The maximum atomic E-state index is 13.4. The Morgan fingerprint density at radius 2 is 1.97 bits per heavy atom. The van der Waals surface area contributed by atoms with Crippen molar-refractivity contribution in [3.05, 3.63) is 57.8 Å². The Labute approximate surface area is 227 Å². The van der Waals surface area contributed by atoms with Crippen LogP contribution in [0.5, 0.6) is 0 Å². The number of terminal acetylenes is 1. The zero-order chi connectivity index (χ0) is 28.8. The van der Waals surface area contributed by atoms with Crippen LogP contribution in [0.25, 0.3) is 11.3 Å². The highest BCUT2D eigenvalue weighted by atomic mass is 35.5. The molecule has 2 heterocycles. The number of nitrogens with zero attached hydrogens (tertiary/aromatic N) is 2. The number of benzene rings is 1. The van der Waals surface area contributed by atoms with Crippen LogP contribution in [0, 0.1) is 12.3 Å². The number of halogens is 4. The number of aromatic nitrogens is 4. The molecule has 6 N–H and O–H groups in total. The largest absolute Gasteiger partial charge is 0.435 e. The van der Waals surface area contributed by atoms with E-state index in [0.717, 1.165) is 6.20 Å². The number of aromatic amines is 2. The molecule has 1 aromatic carbocycles. The molecular weight excluding hydrogens is 539 g/mol. The van der Waals surface area contributed by atoms with Crippen LogP contribution in [-0.2, 0) is 23.9 Å². The third kappa shape index (κ3) is 8.06. The molecule has 14 heteroatoms. The van der Waals surface area contributed by atoms with E-state index in [4.69, 9.17) is 28.5 Å². The average Bonchev–Trinajstić information content (AvgIpc) is 3.49. The van der Waals surface area contributed by atoms with Gasteiger partial charge in [0.25, 0.3) is 11.8 Å². The van der Waals surface area contributed by atoms with Gasteiger partial charge in [-0.25, -0.2) is 4.98 Å². The Balaban J connectivity index is 1.60. The predicted octanol–water partition coefficient (Wildman–Crippen LogP) is 3.06. The van der Waals surface area contributed by atoms with Crippen LogP contribution in [0.1, 0.15) is 51.8 Å². The standard InChI is InChI=1S/C25H27ClF3N7O3/c1-4-5-17-19(20(36-35-17)25(27,28)29)18-12-32-21(34-18)23(38)33-11-14-6-7-15(16(26)10-14)22(37)31-8-9-39-13-24(2,3)30/h1,6-7,10,12H,5,8-9,11,13,30H2,2-3H3,(H,31,37)(H,32,34)(H,33,38)(H,35,36). The Morgan fingerprint density at radius 3 is 2.62 bits per heavy atom. The monoisotopic (exact) mass is 565 g/mol. The van der Waals surface area contributed by atoms with Crippen molar-refractivity contribution in [3.63, 3.8) is 0 Å². The van der Waals surface area contributed by atoms with Gasteiger partial charge in [-0.3, -0.25) is 14.7 Å². The summed E-state index contributed by atoms with van der Waals surface area (Å²) in [5.41, 5.74) is 4.69. The third-order valence-electron chi connectivity index (χ3n) is 5.19. The summed E-state index contributed by atoms with van der Waals surface area (Å²) in [6.45, 7) is 4.56. The van der Waals surface area contributed by atoms with Gasteiger partial charge < -0.3 is 26.1 Å². The number of hydrogen-bond donors (Lipinski definition) is 5. The topological polar surface area (TPSA) is 151 Å². The smallest absolute Gasteiger partial charge is 0.378 e. The Morgan fingerprint density at radius 1 is 1.23 bits per heavy atom. The first-order valence-electron chi connectivity index (χ1n) is 11.6. The number of ether oxygens (including phenoxy) is 1. The summed E-state index contributed by atoms with van der Waals surface area (Å²) in [4.78, 5) is 31.5. The second-order valence-corrected chi connectivity index (χ2v) is 9.65. The Kier molecular flexibility index (Phi) is 9.39. The lowest BCUT2D eigenvalue weighted by atomic mass is 10.1. The molecule has 0 spiro atoms. The second kappa shape index (κ2) is 12.3. The van der Waals surface area contributed by atoms with E-state index in [0.29, 0.717) is 12.2 Å². The van der Waals surface area contributed by atoms with E-state index in [1.54, 1.807) is 6.07 Å². The normalized spacial score (nSPS) is 11.7. The van der Waals surface area contributed by atoms with Crippen molar-refractivity contribution in [1.29, 1.82) is 0 Å². The van der Waals surface area contributed by atoms with E-state index in [9.17, 15) is 22.8 Å². The van der Waals surface area contributed by atoms with Gasteiger partial charge in [0, 0.05) is 18.6 Å². The number of nitrogens with two attached hydrogens (primary N) is 1. The summed E-state index contributed by atoms with van der Waals surface area (Å²) < 4.78 is 45.6. The molecule has 0 atom stereocenters. The van der Waals surface area contributed by atoms with Crippen molar-refractivity contribution in [1.82, 2.24) is 30.8 Å². The number of hydrogen-bond acceptors (Lipinski definition) is 6. The van der Waals surface area contributed by atoms with E-state index in [1.165, 1.54) is 12.1 Å². The molecule has 0 bridgehead atoms. The molecule has 0 saturated carbocycles. The van der Waals surface area contributed by atoms with E-state index < -0.39 is 29.2 Å². The maximum Gasteiger partial charge on any atom is 0.435 e. The molecule has 3 aromatic rings. The molecule has 208 valence electrons. The highest BCUT2D eigenvalue weighted by Gasteiger charge is 2.39. The number of amides is 2. The fraction of sp³-hybridized carbons (Fsp3) is 0.360. The number of alkyl halides is 3. The van der Waals surface area contributed by atoms with E-state index in [1.807, 2.05) is 13.8 Å².